The first kappa shape index (κ1) is 23.5. The number of fused-ring (bicyclic) bond motifs is 3. The maximum Gasteiger partial charge on any atom is 0.255 e. The molecule has 0 radical (unpaired) electrons. The Morgan fingerprint density at radius 1 is 0.703 bits per heavy atom. The molecule has 0 aromatic heterocycles. The summed E-state index contributed by atoms with van der Waals surface area (Å²) in [6.45, 7) is 2.90. The molecule has 1 heterocycles. The van der Waals surface area contributed by atoms with Gasteiger partial charge in [-0.3, -0.25) is 9.59 Å². The van der Waals surface area contributed by atoms with Crippen LogP contribution in [0.25, 0.3) is 11.1 Å². The minimum absolute atomic E-state index is 0.137. The van der Waals surface area contributed by atoms with Crippen molar-refractivity contribution in [1.29, 1.82) is 0 Å². The molecule has 0 atom stereocenters. The summed E-state index contributed by atoms with van der Waals surface area (Å²) in [5.74, 6) is -0.182. The van der Waals surface area contributed by atoms with Crippen molar-refractivity contribution in [1.82, 2.24) is 4.90 Å². The number of nitrogens with one attached hydrogen (secondary N) is 1. The smallest absolute Gasteiger partial charge is 0.255 e. The first-order valence-corrected chi connectivity index (χ1v) is 13.3. The Kier molecular flexibility index (Phi) is 6.26. The molecule has 1 aliphatic heterocycles. The van der Waals surface area contributed by atoms with Gasteiger partial charge in [-0.1, -0.05) is 64.5 Å². The highest BCUT2D eigenvalue weighted by Crippen LogP contribution is 2.45. The maximum atomic E-state index is 13.7. The van der Waals surface area contributed by atoms with Gasteiger partial charge in [0.15, 0.2) is 0 Å². The lowest BCUT2D eigenvalue weighted by molar-refractivity contribution is -0.132. The number of hydrogen-bond donors (Lipinski definition) is 1. The molecule has 1 saturated heterocycles. The third-order valence-electron chi connectivity index (χ3n) is 7.27. The zero-order valence-corrected chi connectivity index (χ0v) is 21.8. The molecule has 1 aliphatic carbocycles. The topological polar surface area (TPSA) is 52.7 Å². The zero-order valence-electron chi connectivity index (χ0n) is 20.2. The number of rotatable bonds is 4. The molecular formula is C31H26BrN3O2. The highest BCUT2D eigenvalue weighted by atomic mass is 79.9. The number of hydrogen-bond acceptors (Lipinski definition) is 3. The Morgan fingerprint density at radius 2 is 1.27 bits per heavy atom. The van der Waals surface area contributed by atoms with E-state index in [2.05, 4.69) is 50.4 Å². The van der Waals surface area contributed by atoms with Gasteiger partial charge in [0.25, 0.3) is 5.91 Å². The Balaban J connectivity index is 1.10. The van der Waals surface area contributed by atoms with Gasteiger partial charge in [-0.05, 0) is 70.8 Å². The summed E-state index contributed by atoms with van der Waals surface area (Å²) in [4.78, 5) is 30.5. The van der Waals surface area contributed by atoms with Crippen LogP contribution < -0.4 is 10.2 Å². The first-order valence-electron chi connectivity index (χ1n) is 12.5. The van der Waals surface area contributed by atoms with Gasteiger partial charge < -0.3 is 15.1 Å². The van der Waals surface area contributed by atoms with E-state index in [-0.39, 0.29) is 17.7 Å². The van der Waals surface area contributed by atoms with Gasteiger partial charge in [-0.2, -0.15) is 0 Å². The van der Waals surface area contributed by atoms with Crippen molar-refractivity contribution in [2.75, 3.05) is 36.4 Å². The van der Waals surface area contributed by atoms with Gasteiger partial charge in [0.2, 0.25) is 5.91 Å². The second kappa shape index (κ2) is 9.87. The van der Waals surface area contributed by atoms with E-state index >= 15 is 0 Å². The van der Waals surface area contributed by atoms with E-state index in [9.17, 15) is 9.59 Å². The summed E-state index contributed by atoms with van der Waals surface area (Å²) >= 11 is 3.39. The van der Waals surface area contributed by atoms with Crippen LogP contribution in [0.5, 0.6) is 0 Å². The third kappa shape index (κ3) is 4.53. The number of piperazine rings is 1. The summed E-state index contributed by atoms with van der Waals surface area (Å²) in [6, 6.07) is 31.7. The maximum absolute atomic E-state index is 13.7. The van der Waals surface area contributed by atoms with E-state index in [1.807, 2.05) is 65.6 Å². The van der Waals surface area contributed by atoms with Crippen molar-refractivity contribution in [2.24, 2.45) is 0 Å². The molecule has 0 bridgehead atoms. The van der Waals surface area contributed by atoms with Crippen LogP contribution >= 0.6 is 15.9 Å². The number of carbonyl (C=O) groups excluding carboxylic acids is 2. The Hall–Kier alpha value is -3.90. The van der Waals surface area contributed by atoms with Crippen LogP contribution in [0.3, 0.4) is 0 Å². The predicted molar refractivity (Wildman–Crippen MR) is 151 cm³/mol. The van der Waals surface area contributed by atoms with Crippen LogP contribution in [0.4, 0.5) is 11.4 Å². The van der Waals surface area contributed by atoms with E-state index in [4.69, 9.17) is 0 Å². The second-order valence-corrected chi connectivity index (χ2v) is 10.3. The van der Waals surface area contributed by atoms with Crippen molar-refractivity contribution < 1.29 is 9.59 Å². The summed E-state index contributed by atoms with van der Waals surface area (Å²) in [5.41, 5.74) is 7.01. The Morgan fingerprint density at radius 3 is 1.86 bits per heavy atom. The average Bonchev–Trinajstić information content (AvgIpc) is 3.28. The van der Waals surface area contributed by atoms with Crippen LogP contribution in [-0.4, -0.2) is 42.9 Å². The number of halogens is 1. The summed E-state index contributed by atoms with van der Waals surface area (Å²) in [6.07, 6.45) is 0. The van der Waals surface area contributed by atoms with E-state index in [0.717, 1.165) is 40.1 Å². The molecule has 4 aromatic carbocycles. The Labute approximate surface area is 224 Å². The van der Waals surface area contributed by atoms with E-state index < -0.39 is 0 Å². The summed E-state index contributed by atoms with van der Waals surface area (Å²) < 4.78 is 0.938. The molecule has 5 nitrogen and oxygen atoms in total. The predicted octanol–water partition coefficient (Wildman–Crippen LogP) is 6.16. The molecule has 2 amide bonds. The SMILES string of the molecule is O=C(Nc1ccc(N2CCN(C(=O)C3c4ccccc4-c4ccccc43)CC2)cc1)c1ccc(Br)cc1. The lowest BCUT2D eigenvalue weighted by atomic mass is 9.95. The molecular weight excluding hydrogens is 526 g/mol. The zero-order chi connectivity index (χ0) is 25.4. The molecule has 0 unspecified atom stereocenters. The van der Waals surface area contributed by atoms with Gasteiger partial charge in [0, 0.05) is 47.6 Å². The van der Waals surface area contributed by atoms with Crippen molar-refractivity contribution in [3.8, 4) is 11.1 Å². The van der Waals surface area contributed by atoms with Crippen LogP contribution in [0.1, 0.15) is 27.4 Å². The molecule has 1 N–H and O–H groups in total. The number of benzene rings is 4. The second-order valence-electron chi connectivity index (χ2n) is 9.43. The fourth-order valence-corrected chi connectivity index (χ4v) is 5.61. The standard InChI is InChI=1S/C31H26BrN3O2/c32-22-11-9-21(10-12-22)30(36)33-23-13-15-24(16-14-23)34-17-19-35(20-18-34)31(37)29-27-7-3-1-5-25(27)26-6-2-4-8-28(26)29/h1-16,29H,17-20H2,(H,33,36). The summed E-state index contributed by atoms with van der Waals surface area (Å²) in [7, 11) is 0. The largest absolute Gasteiger partial charge is 0.368 e. The molecule has 0 saturated carbocycles. The van der Waals surface area contributed by atoms with Gasteiger partial charge >= 0.3 is 0 Å². The van der Waals surface area contributed by atoms with Gasteiger partial charge in [-0.15, -0.1) is 0 Å². The van der Waals surface area contributed by atoms with Crippen molar-refractivity contribution >= 4 is 39.1 Å². The number of nitrogens with zero attached hydrogens (tertiary/aromatic N) is 2. The molecule has 6 rings (SSSR count). The van der Waals surface area contributed by atoms with Crippen LogP contribution in [0, 0.1) is 0 Å². The first-order chi connectivity index (χ1) is 18.1. The molecule has 37 heavy (non-hydrogen) atoms. The summed E-state index contributed by atoms with van der Waals surface area (Å²) in [5, 5.41) is 2.95. The number of anilines is 2. The van der Waals surface area contributed by atoms with Crippen LogP contribution in [0.2, 0.25) is 0 Å². The molecule has 184 valence electrons. The van der Waals surface area contributed by atoms with Crippen LogP contribution in [-0.2, 0) is 4.79 Å². The normalized spacial score (nSPS) is 14.7. The third-order valence-corrected chi connectivity index (χ3v) is 7.80. The van der Waals surface area contributed by atoms with Crippen LogP contribution in [0.15, 0.2) is 102 Å². The lowest BCUT2D eigenvalue weighted by Gasteiger charge is -2.37. The van der Waals surface area contributed by atoms with Crippen molar-refractivity contribution in [3.05, 3.63) is 118 Å². The van der Waals surface area contributed by atoms with E-state index in [0.29, 0.717) is 18.7 Å². The minimum atomic E-state index is -0.229. The number of amides is 2. The van der Waals surface area contributed by atoms with E-state index in [1.165, 1.54) is 11.1 Å². The quantitative estimate of drug-likeness (QED) is 0.330. The fraction of sp³-hybridized carbons (Fsp3) is 0.161. The van der Waals surface area contributed by atoms with Gasteiger partial charge in [-0.25, -0.2) is 0 Å². The Bertz CT molecular complexity index is 1410. The molecule has 4 aromatic rings. The minimum Gasteiger partial charge on any atom is -0.368 e. The monoisotopic (exact) mass is 551 g/mol. The lowest BCUT2D eigenvalue weighted by Crippen LogP contribution is -2.50. The highest BCUT2D eigenvalue weighted by molar-refractivity contribution is 9.10. The molecule has 2 aliphatic rings. The average molecular weight is 552 g/mol. The van der Waals surface area contributed by atoms with Crippen molar-refractivity contribution in [3.63, 3.8) is 0 Å². The van der Waals surface area contributed by atoms with Gasteiger partial charge in [0.05, 0.1) is 5.92 Å². The molecule has 0 spiro atoms. The van der Waals surface area contributed by atoms with Crippen molar-refractivity contribution in [2.45, 2.75) is 5.92 Å². The fourth-order valence-electron chi connectivity index (χ4n) is 5.35. The molecule has 1 fully saturated rings. The molecule has 6 heteroatoms. The number of carbonyl (C=O) groups is 2. The van der Waals surface area contributed by atoms with E-state index in [1.54, 1.807) is 12.1 Å². The highest BCUT2D eigenvalue weighted by Gasteiger charge is 2.36. The van der Waals surface area contributed by atoms with Gasteiger partial charge in [0.1, 0.15) is 0 Å².